The van der Waals surface area contributed by atoms with Crippen LogP contribution in [0.4, 0.5) is 5.69 Å². The standard InChI is InChI=1S/C21H22N2O5/c1-13-7-18-19(28-12-27-18)9-17(13)26-11-20(24)22-10-14-3-2-4-16(8-14)23-21(25)15-5-6-15/h2-4,7-9,15H,5-6,10-12H2,1H3,(H,22,24)(H,23,25). The summed E-state index contributed by atoms with van der Waals surface area (Å²) < 4.78 is 16.3. The van der Waals surface area contributed by atoms with Crippen molar-refractivity contribution in [3.8, 4) is 17.2 Å². The van der Waals surface area contributed by atoms with Crippen molar-refractivity contribution in [1.29, 1.82) is 0 Å². The van der Waals surface area contributed by atoms with Crippen molar-refractivity contribution in [3.05, 3.63) is 47.5 Å². The number of aryl methyl sites for hydroxylation is 1. The lowest BCUT2D eigenvalue weighted by atomic mass is 10.2. The summed E-state index contributed by atoms with van der Waals surface area (Å²) in [4.78, 5) is 24.0. The van der Waals surface area contributed by atoms with Gasteiger partial charge in [-0.2, -0.15) is 0 Å². The predicted molar refractivity (Wildman–Crippen MR) is 102 cm³/mol. The molecule has 0 saturated heterocycles. The van der Waals surface area contributed by atoms with Gasteiger partial charge in [-0.25, -0.2) is 0 Å². The van der Waals surface area contributed by atoms with Crippen molar-refractivity contribution >= 4 is 17.5 Å². The highest BCUT2D eigenvalue weighted by atomic mass is 16.7. The van der Waals surface area contributed by atoms with Gasteiger partial charge in [-0.1, -0.05) is 12.1 Å². The summed E-state index contributed by atoms with van der Waals surface area (Å²) in [5.41, 5.74) is 2.52. The maximum Gasteiger partial charge on any atom is 0.258 e. The quantitative estimate of drug-likeness (QED) is 0.769. The summed E-state index contributed by atoms with van der Waals surface area (Å²) in [6.45, 7) is 2.34. The SMILES string of the molecule is Cc1cc2c(cc1OCC(=O)NCc1cccc(NC(=O)C3CC3)c1)OCO2. The molecule has 1 aliphatic heterocycles. The Morgan fingerprint density at radius 1 is 1.14 bits per heavy atom. The van der Waals surface area contributed by atoms with Crippen molar-refractivity contribution in [2.75, 3.05) is 18.7 Å². The number of ether oxygens (including phenoxy) is 3. The Hall–Kier alpha value is -3.22. The highest BCUT2D eigenvalue weighted by Gasteiger charge is 2.29. The third kappa shape index (κ3) is 4.36. The summed E-state index contributed by atoms with van der Waals surface area (Å²) in [6.07, 6.45) is 1.93. The minimum Gasteiger partial charge on any atom is -0.483 e. The lowest BCUT2D eigenvalue weighted by Gasteiger charge is -2.11. The fourth-order valence-electron chi connectivity index (χ4n) is 2.92. The minimum atomic E-state index is -0.232. The van der Waals surface area contributed by atoms with Gasteiger partial charge < -0.3 is 24.8 Å². The molecule has 0 spiro atoms. The first-order valence-electron chi connectivity index (χ1n) is 9.28. The van der Waals surface area contributed by atoms with Crippen LogP contribution < -0.4 is 24.8 Å². The number of anilines is 1. The molecule has 0 atom stereocenters. The number of fused-ring (bicyclic) bond motifs is 1. The first-order valence-corrected chi connectivity index (χ1v) is 9.28. The number of hydrogen-bond acceptors (Lipinski definition) is 5. The Labute approximate surface area is 163 Å². The second kappa shape index (κ2) is 7.80. The van der Waals surface area contributed by atoms with Gasteiger partial charge >= 0.3 is 0 Å². The average molecular weight is 382 g/mol. The van der Waals surface area contributed by atoms with Crippen LogP contribution in [0.25, 0.3) is 0 Å². The Kier molecular flexibility index (Phi) is 5.06. The second-order valence-corrected chi connectivity index (χ2v) is 7.00. The van der Waals surface area contributed by atoms with Gasteiger partial charge in [0, 0.05) is 24.2 Å². The summed E-state index contributed by atoms with van der Waals surface area (Å²) in [7, 11) is 0. The van der Waals surface area contributed by atoms with E-state index in [2.05, 4.69) is 10.6 Å². The summed E-state index contributed by atoms with van der Waals surface area (Å²) in [5, 5.41) is 5.73. The van der Waals surface area contributed by atoms with Crippen LogP contribution in [0.2, 0.25) is 0 Å². The maximum absolute atomic E-state index is 12.1. The Morgan fingerprint density at radius 3 is 2.71 bits per heavy atom. The van der Waals surface area contributed by atoms with Crippen LogP contribution in [0.1, 0.15) is 24.0 Å². The van der Waals surface area contributed by atoms with Crippen molar-refractivity contribution < 1.29 is 23.8 Å². The molecule has 2 aromatic rings. The molecule has 2 amide bonds. The van der Waals surface area contributed by atoms with E-state index in [1.807, 2.05) is 37.3 Å². The monoisotopic (exact) mass is 382 g/mol. The predicted octanol–water partition coefficient (Wildman–Crippen LogP) is 2.77. The van der Waals surface area contributed by atoms with E-state index in [0.717, 1.165) is 29.7 Å². The van der Waals surface area contributed by atoms with Gasteiger partial charge in [0.25, 0.3) is 5.91 Å². The fourth-order valence-corrected chi connectivity index (χ4v) is 2.92. The van der Waals surface area contributed by atoms with Crippen LogP contribution in [0.5, 0.6) is 17.2 Å². The summed E-state index contributed by atoms with van der Waals surface area (Å²) in [6, 6.07) is 11.0. The van der Waals surface area contributed by atoms with Crippen molar-refractivity contribution in [3.63, 3.8) is 0 Å². The molecule has 1 saturated carbocycles. The van der Waals surface area contributed by atoms with Gasteiger partial charge in [-0.05, 0) is 49.1 Å². The molecule has 1 heterocycles. The number of rotatable bonds is 7. The van der Waals surface area contributed by atoms with E-state index in [-0.39, 0.29) is 31.1 Å². The average Bonchev–Trinajstić information content (AvgIpc) is 3.44. The first kappa shape index (κ1) is 18.2. The van der Waals surface area contributed by atoms with Crippen LogP contribution >= 0.6 is 0 Å². The Bertz CT molecular complexity index is 908. The molecular formula is C21H22N2O5. The largest absolute Gasteiger partial charge is 0.483 e. The molecule has 146 valence electrons. The Balaban J connectivity index is 1.27. The number of amides is 2. The van der Waals surface area contributed by atoms with Crippen molar-refractivity contribution in [1.82, 2.24) is 5.32 Å². The van der Waals surface area contributed by atoms with Crippen LogP contribution in [-0.4, -0.2) is 25.2 Å². The molecule has 0 aromatic heterocycles. The molecule has 0 bridgehead atoms. The van der Waals surface area contributed by atoms with Crippen LogP contribution in [0, 0.1) is 12.8 Å². The first-order chi connectivity index (χ1) is 13.6. The van der Waals surface area contributed by atoms with Crippen LogP contribution in [-0.2, 0) is 16.1 Å². The van der Waals surface area contributed by atoms with E-state index in [0.29, 0.717) is 23.8 Å². The van der Waals surface area contributed by atoms with Crippen LogP contribution in [0.3, 0.4) is 0 Å². The van der Waals surface area contributed by atoms with E-state index in [1.165, 1.54) is 0 Å². The summed E-state index contributed by atoms with van der Waals surface area (Å²) >= 11 is 0. The molecule has 4 rings (SSSR count). The van der Waals surface area contributed by atoms with E-state index in [9.17, 15) is 9.59 Å². The number of hydrogen-bond donors (Lipinski definition) is 2. The highest BCUT2D eigenvalue weighted by Crippen LogP contribution is 2.37. The van der Waals surface area contributed by atoms with Gasteiger partial charge in [-0.3, -0.25) is 9.59 Å². The molecule has 28 heavy (non-hydrogen) atoms. The lowest BCUT2D eigenvalue weighted by molar-refractivity contribution is -0.123. The van der Waals surface area contributed by atoms with Gasteiger partial charge in [-0.15, -0.1) is 0 Å². The third-order valence-corrected chi connectivity index (χ3v) is 4.66. The van der Waals surface area contributed by atoms with E-state index >= 15 is 0 Å². The second-order valence-electron chi connectivity index (χ2n) is 7.00. The molecule has 1 fully saturated rings. The maximum atomic E-state index is 12.1. The fraction of sp³-hybridized carbons (Fsp3) is 0.333. The topological polar surface area (TPSA) is 85.9 Å². The Morgan fingerprint density at radius 2 is 1.93 bits per heavy atom. The zero-order valence-electron chi connectivity index (χ0n) is 15.6. The van der Waals surface area contributed by atoms with Crippen LogP contribution in [0.15, 0.2) is 36.4 Å². The third-order valence-electron chi connectivity index (χ3n) is 4.66. The molecule has 0 radical (unpaired) electrons. The minimum absolute atomic E-state index is 0.0636. The number of carbonyl (C=O) groups is 2. The molecule has 1 aliphatic carbocycles. The zero-order valence-corrected chi connectivity index (χ0v) is 15.6. The van der Waals surface area contributed by atoms with Crippen molar-refractivity contribution in [2.24, 2.45) is 5.92 Å². The van der Waals surface area contributed by atoms with E-state index in [1.54, 1.807) is 6.07 Å². The smallest absolute Gasteiger partial charge is 0.258 e. The molecular weight excluding hydrogens is 360 g/mol. The molecule has 2 aromatic carbocycles. The van der Waals surface area contributed by atoms with Gasteiger partial charge in [0.15, 0.2) is 18.1 Å². The molecule has 7 nitrogen and oxygen atoms in total. The van der Waals surface area contributed by atoms with Gasteiger partial charge in [0.05, 0.1) is 0 Å². The number of nitrogens with one attached hydrogen (secondary N) is 2. The highest BCUT2D eigenvalue weighted by molar-refractivity contribution is 5.94. The van der Waals surface area contributed by atoms with E-state index in [4.69, 9.17) is 14.2 Å². The number of carbonyl (C=O) groups excluding carboxylic acids is 2. The van der Waals surface area contributed by atoms with E-state index < -0.39 is 0 Å². The molecule has 2 aliphatic rings. The number of benzene rings is 2. The van der Waals surface area contributed by atoms with Crippen molar-refractivity contribution in [2.45, 2.75) is 26.3 Å². The normalized spacial score (nSPS) is 14.5. The molecule has 7 heteroatoms. The lowest BCUT2D eigenvalue weighted by Crippen LogP contribution is -2.28. The molecule has 2 N–H and O–H groups in total. The van der Waals surface area contributed by atoms with Gasteiger partial charge in [0.1, 0.15) is 5.75 Å². The van der Waals surface area contributed by atoms with Gasteiger partial charge in [0.2, 0.25) is 12.7 Å². The summed E-state index contributed by atoms with van der Waals surface area (Å²) in [5.74, 6) is 1.87. The zero-order chi connectivity index (χ0) is 19.5. The molecule has 0 unspecified atom stereocenters.